The van der Waals surface area contributed by atoms with E-state index in [2.05, 4.69) is 20.3 Å². The van der Waals surface area contributed by atoms with Crippen molar-refractivity contribution in [1.29, 1.82) is 0 Å². The van der Waals surface area contributed by atoms with Gasteiger partial charge in [-0.15, -0.1) is 0 Å². The molecule has 16 heteroatoms. The molecular weight excluding hydrogens is 682 g/mol. The Balaban J connectivity index is 1.30. The molecule has 6 rings (SSSR count). The highest BCUT2D eigenvalue weighted by molar-refractivity contribution is 7.91. The first-order valence-corrected chi connectivity index (χ1v) is 18.8. The minimum atomic E-state index is -3.90. The maximum absolute atomic E-state index is 14.3. The molecule has 2 saturated carbocycles. The monoisotopic (exact) mass is 727 g/mol. The molecule has 5 atom stereocenters. The number of pyridine rings is 1. The van der Waals surface area contributed by atoms with E-state index in [0.29, 0.717) is 36.8 Å². The van der Waals surface area contributed by atoms with E-state index < -0.39 is 74.3 Å². The lowest BCUT2D eigenvalue weighted by Gasteiger charge is -2.30. The minimum absolute atomic E-state index is 0.0182. The first-order valence-electron chi connectivity index (χ1n) is 17.2. The van der Waals surface area contributed by atoms with Gasteiger partial charge in [0.25, 0.3) is 5.91 Å². The van der Waals surface area contributed by atoms with Crippen LogP contribution >= 0.6 is 0 Å². The number of hydrogen-bond donors (Lipinski definition) is 3. The average molecular weight is 728 g/mol. The molecular formula is C35H45N5O10S. The zero-order valence-corrected chi connectivity index (χ0v) is 30.0. The molecule has 2 unspecified atom stereocenters. The van der Waals surface area contributed by atoms with Crippen LogP contribution in [0.4, 0.5) is 4.79 Å². The van der Waals surface area contributed by atoms with Gasteiger partial charge in [-0.3, -0.25) is 19.1 Å². The number of ether oxygens (including phenoxy) is 4. The summed E-state index contributed by atoms with van der Waals surface area (Å²) < 4.78 is 50.7. The summed E-state index contributed by atoms with van der Waals surface area (Å²) >= 11 is 0. The lowest BCUT2D eigenvalue weighted by molar-refractivity contribution is -0.142. The van der Waals surface area contributed by atoms with Gasteiger partial charge >= 0.3 is 6.09 Å². The van der Waals surface area contributed by atoms with Gasteiger partial charge in [-0.05, 0) is 82.5 Å². The first-order chi connectivity index (χ1) is 24.2. The highest BCUT2D eigenvalue weighted by atomic mass is 32.2. The normalized spacial score (nSPS) is 27.9. The third-order valence-electron chi connectivity index (χ3n) is 9.33. The van der Waals surface area contributed by atoms with Crippen LogP contribution in [-0.4, -0.2) is 104 Å². The number of nitrogens with one attached hydrogen (secondary N) is 3. The lowest BCUT2D eigenvalue weighted by Crippen LogP contribution is -2.59. The van der Waals surface area contributed by atoms with Crippen molar-refractivity contribution in [3.63, 3.8) is 0 Å². The number of benzene rings is 1. The number of carbonyl (C=O) groups is 4. The molecule has 2 aliphatic carbocycles. The fraction of sp³-hybridized carbons (Fsp3) is 0.571. The highest BCUT2D eigenvalue weighted by Gasteiger charge is 2.62. The minimum Gasteiger partial charge on any atom is -0.497 e. The number of rotatable bonds is 7. The van der Waals surface area contributed by atoms with Gasteiger partial charge in [0.1, 0.15) is 35.1 Å². The molecule has 51 heavy (non-hydrogen) atoms. The summed E-state index contributed by atoms with van der Waals surface area (Å²) in [5.41, 5.74) is -2.36. The van der Waals surface area contributed by atoms with Crippen molar-refractivity contribution in [3.8, 4) is 11.6 Å². The Kier molecular flexibility index (Phi) is 10.2. The number of allylic oxidation sites excluding steroid dienone is 1. The summed E-state index contributed by atoms with van der Waals surface area (Å²) in [5, 5.41) is 6.31. The Labute approximate surface area is 296 Å². The van der Waals surface area contributed by atoms with Gasteiger partial charge in [0.15, 0.2) is 0 Å². The number of methoxy groups -OCH3 is 1. The van der Waals surface area contributed by atoms with Crippen molar-refractivity contribution in [1.82, 2.24) is 25.2 Å². The maximum Gasteiger partial charge on any atom is 0.408 e. The van der Waals surface area contributed by atoms with Crippen LogP contribution in [0.2, 0.25) is 0 Å². The molecule has 15 nitrogen and oxygen atoms in total. The molecule has 2 aliphatic heterocycles. The predicted octanol–water partition coefficient (Wildman–Crippen LogP) is 2.33. The zero-order chi connectivity index (χ0) is 36.6. The van der Waals surface area contributed by atoms with E-state index in [1.165, 1.54) is 4.90 Å². The molecule has 4 aliphatic rings. The van der Waals surface area contributed by atoms with Gasteiger partial charge in [-0.25, -0.2) is 18.2 Å². The molecule has 1 saturated heterocycles. The summed E-state index contributed by atoms with van der Waals surface area (Å²) in [5.74, 6) is -1.61. The highest BCUT2D eigenvalue weighted by Crippen LogP contribution is 2.46. The SMILES string of the molecule is COc1ccc2c(OC3C[C@H]4C(=O)N[C@]5(C(=O)NS(=O)(=O)C6CC6)CC5/C=C\CCCOC[C@H](NC(=O)OC(C)(C)C)C(=O)N4C3)nccc2c1. The number of alkyl carbamates (subject to hydrolysis) is 1. The molecule has 0 spiro atoms. The summed E-state index contributed by atoms with van der Waals surface area (Å²) in [6, 6.07) is 4.85. The second kappa shape index (κ2) is 14.3. The van der Waals surface area contributed by atoms with Crippen LogP contribution in [0.1, 0.15) is 59.3 Å². The topological polar surface area (TPSA) is 192 Å². The van der Waals surface area contributed by atoms with Gasteiger partial charge in [-0.1, -0.05) is 12.2 Å². The molecule has 4 amide bonds. The standard InChI is InChI=1S/C35H45N5O10S/c1-34(2,3)50-33(44)37-27-20-48-15-7-5-6-8-22-18-35(22,32(43)39-51(45,46)25-10-11-25)38-29(41)28-17-24(19-40(28)31(27)42)49-30-26-12-9-23(47-4)16-21(26)13-14-36-30/h6,8-9,12-14,16,22,24-25,27-28H,5,7,10-11,15,17-20H2,1-4H3,(H,37,44)(H,38,41)(H,39,43)/b8-6-/t22?,24?,27-,28-,35+/m0/s1. The van der Waals surface area contributed by atoms with Gasteiger partial charge in [0, 0.05) is 30.5 Å². The second-order valence-electron chi connectivity index (χ2n) is 14.5. The Hall–Kier alpha value is -4.44. The third kappa shape index (κ3) is 8.38. The Morgan fingerprint density at radius 1 is 1.16 bits per heavy atom. The molecule has 2 aromatic rings. The maximum atomic E-state index is 14.3. The summed E-state index contributed by atoms with van der Waals surface area (Å²) in [4.78, 5) is 60.8. The molecule has 3 N–H and O–H groups in total. The number of hydrogen-bond acceptors (Lipinski definition) is 11. The summed E-state index contributed by atoms with van der Waals surface area (Å²) in [6.07, 6.45) is 5.98. The van der Waals surface area contributed by atoms with Gasteiger partial charge in [0.05, 0.1) is 25.5 Å². The predicted molar refractivity (Wildman–Crippen MR) is 184 cm³/mol. The van der Waals surface area contributed by atoms with Crippen LogP contribution in [0.5, 0.6) is 11.6 Å². The number of fused-ring (bicyclic) bond motifs is 3. The summed E-state index contributed by atoms with van der Waals surface area (Å²) in [6.45, 7) is 5.12. The van der Waals surface area contributed by atoms with E-state index in [1.807, 2.05) is 18.2 Å². The average Bonchev–Trinajstić information content (AvgIpc) is 3.99. The van der Waals surface area contributed by atoms with Crippen molar-refractivity contribution in [2.45, 2.75) is 93.9 Å². The Bertz CT molecular complexity index is 1820. The molecule has 3 heterocycles. The van der Waals surface area contributed by atoms with Crippen LogP contribution in [0, 0.1) is 5.92 Å². The molecule has 276 valence electrons. The fourth-order valence-electron chi connectivity index (χ4n) is 6.44. The zero-order valence-electron chi connectivity index (χ0n) is 29.2. The third-order valence-corrected chi connectivity index (χ3v) is 11.1. The van der Waals surface area contributed by atoms with Crippen molar-refractivity contribution >= 4 is 44.6 Å². The number of amides is 4. The quantitative estimate of drug-likeness (QED) is 0.355. The van der Waals surface area contributed by atoms with Crippen LogP contribution in [0.25, 0.3) is 10.8 Å². The van der Waals surface area contributed by atoms with E-state index in [9.17, 15) is 27.6 Å². The Morgan fingerprint density at radius 3 is 2.67 bits per heavy atom. The van der Waals surface area contributed by atoms with E-state index in [-0.39, 0.29) is 38.5 Å². The molecule has 0 radical (unpaired) electrons. The summed E-state index contributed by atoms with van der Waals surface area (Å²) in [7, 11) is -2.33. The van der Waals surface area contributed by atoms with E-state index in [4.69, 9.17) is 18.9 Å². The van der Waals surface area contributed by atoms with Gasteiger partial charge in [-0.2, -0.15) is 0 Å². The molecule has 1 aromatic carbocycles. The van der Waals surface area contributed by atoms with Crippen molar-refractivity contribution in [2.24, 2.45) is 5.92 Å². The van der Waals surface area contributed by atoms with E-state index in [0.717, 1.165) is 5.39 Å². The molecule has 0 bridgehead atoms. The number of nitrogens with zero attached hydrogens (tertiary/aromatic N) is 2. The Morgan fingerprint density at radius 2 is 1.94 bits per heavy atom. The molecule has 3 fully saturated rings. The van der Waals surface area contributed by atoms with Crippen molar-refractivity contribution in [2.75, 3.05) is 26.9 Å². The van der Waals surface area contributed by atoms with Crippen LogP contribution in [0.15, 0.2) is 42.6 Å². The first kappa shape index (κ1) is 36.4. The van der Waals surface area contributed by atoms with Gasteiger partial charge < -0.3 is 34.5 Å². The van der Waals surface area contributed by atoms with Crippen LogP contribution < -0.4 is 24.8 Å². The fourth-order valence-corrected chi connectivity index (χ4v) is 7.80. The van der Waals surface area contributed by atoms with Crippen molar-refractivity contribution < 1.29 is 46.5 Å². The van der Waals surface area contributed by atoms with Crippen LogP contribution in [0.3, 0.4) is 0 Å². The van der Waals surface area contributed by atoms with E-state index >= 15 is 0 Å². The number of sulfonamides is 1. The van der Waals surface area contributed by atoms with Gasteiger partial charge in [0.2, 0.25) is 27.7 Å². The smallest absolute Gasteiger partial charge is 0.408 e. The van der Waals surface area contributed by atoms with E-state index in [1.54, 1.807) is 52.3 Å². The lowest BCUT2D eigenvalue weighted by atomic mass is 10.1. The number of carbonyl (C=O) groups excluding carboxylic acids is 4. The largest absolute Gasteiger partial charge is 0.497 e. The number of aromatic nitrogens is 1. The van der Waals surface area contributed by atoms with Crippen molar-refractivity contribution in [3.05, 3.63) is 42.6 Å². The van der Waals surface area contributed by atoms with Crippen LogP contribution in [-0.2, 0) is 33.9 Å². The molecule has 1 aromatic heterocycles. The second-order valence-corrected chi connectivity index (χ2v) is 16.4.